The van der Waals surface area contributed by atoms with Crippen molar-refractivity contribution in [2.24, 2.45) is 5.73 Å². The summed E-state index contributed by atoms with van der Waals surface area (Å²) >= 11 is 0. The molecule has 1 fully saturated rings. The number of carbonyl (C=O) groups excluding carboxylic acids is 1. The first-order valence-corrected chi connectivity index (χ1v) is 5.99. The molecular formula is C12H13F3N4O. The van der Waals surface area contributed by atoms with E-state index in [-0.39, 0.29) is 5.95 Å². The molecule has 0 bridgehead atoms. The number of primary amides is 1. The van der Waals surface area contributed by atoms with Gasteiger partial charge in [-0.05, 0) is 12.8 Å². The molecule has 0 aliphatic carbocycles. The standard InChI is InChI=1S/C12H13F3N4O/c13-12(14,15)9-6-17-11(18-7-9)19-3-1-8(2-4-19)5-10(16)20/h5-7H,1-4H2,(H2,16,20). The van der Waals surface area contributed by atoms with Crippen molar-refractivity contribution in [2.75, 3.05) is 18.0 Å². The van der Waals surface area contributed by atoms with Gasteiger partial charge in [-0.2, -0.15) is 13.2 Å². The molecule has 8 heteroatoms. The first kappa shape index (κ1) is 14.3. The quantitative estimate of drug-likeness (QED) is 0.836. The van der Waals surface area contributed by atoms with E-state index in [1.54, 1.807) is 4.90 Å². The van der Waals surface area contributed by atoms with Crippen molar-refractivity contribution in [3.63, 3.8) is 0 Å². The molecule has 1 amide bonds. The van der Waals surface area contributed by atoms with Crippen LogP contribution in [0.4, 0.5) is 19.1 Å². The third-order valence-corrected chi connectivity index (χ3v) is 3.00. The number of carbonyl (C=O) groups is 1. The summed E-state index contributed by atoms with van der Waals surface area (Å²) < 4.78 is 37.2. The van der Waals surface area contributed by atoms with E-state index < -0.39 is 17.6 Å². The maximum Gasteiger partial charge on any atom is 0.419 e. The average molecular weight is 286 g/mol. The largest absolute Gasteiger partial charge is 0.419 e. The lowest BCUT2D eigenvalue weighted by molar-refractivity contribution is -0.138. The maximum atomic E-state index is 12.4. The molecular weight excluding hydrogens is 273 g/mol. The second-order valence-corrected chi connectivity index (χ2v) is 4.46. The van der Waals surface area contributed by atoms with Gasteiger partial charge in [-0.25, -0.2) is 9.97 Å². The molecule has 1 saturated heterocycles. The monoisotopic (exact) mass is 286 g/mol. The van der Waals surface area contributed by atoms with Gasteiger partial charge in [0, 0.05) is 31.6 Å². The van der Waals surface area contributed by atoms with Gasteiger partial charge in [0.1, 0.15) is 0 Å². The molecule has 5 nitrogen and oxygen atoms in total. The predicted molar refractivity (Wildman–Crippen MR) is 65.8 cm³/mol. The van der Waals surface area contributed by atoms with Gasteiger partial charge in [-0.3, -0.25) is 4.79 Å². The molecule has 0 saturated carbocycles. The molecule has 0 spiro atoms. The van der Waals surface area contributed by atoms with Gasteiger partial charge in [-0.1, -0.05) is 5.57 Å². The summed E-state index contributed by atoms with van der Waals surface area (Å²) in [4.78, 5) is 20.0. The van der Waals surface area contributed by atoms with Crippen molar-refractivity contribution < 1.29 is 18.0 Å². The van der Waals surface area contributed by atoms with Gasteiger partial charge in [0.25, 0.3) is 0 Å². The van der Waals surface area contributed by atoms with Crippen LogP contribution in [0.3, 0.4) is 0 Å². The minimum Gasteiger partial charge on any atom is -0.366 e. The Labute approximate surface area is 113 Å². The number of hydrogen-bond donors (Lipinski definition) is 1. The lowest BCUT2D eigenvalue weighted by Gasteiger charge is -2.28. The topological polar surface area (TPSA) is 72.1 Å². The molecule has 0 atom stereocenters. The van der Waals surface area contributed by atoms with E-state index in [0.717, 1.165) is 18.0 Å². The fraction of sp³-hybridized carbons (Fsp3) is 0.417. The number of nitrogens with two attached hydrogens (primary N) is 1. The highest BCUT2D eigenvalue weighted by molar-refractivity contribution is 5.86. The van der Waals surface area contributed by atoms with Crippen LogP contribution in [0.2, 0.25) is 0 Å². The lowest BCUT2D eigenvalue weighted by atomic mass is 10.0. The summed E-state index contributed by atoms with van der Waals surface area (Å²) in [6.45, 7) is 1.09. The summed E-state index contributed by atoms with van der Waals surface area (Å²) in [5.74, 6) is -0.227. The Hall–Kier alpha value is -2.12. The highest BCUT2D eigenvalue weighted by atomic mass is 19.4. The highest BCUT2D eigenvalue weighted by Gasteiger charge is 2.31. The van der Waals surface area contributed by atoms with Crippen molar-refractivity contribution in [1.29, 1.82) is 0 Å². The number of anilines is 1. The maximum absolute atomic E-state index is 12.4. The molecule has 0 unspecified atom stereocenters. The van der Waals surface area contributed by atoms with Crippen molar-refractivity contribution in [2.45, 2.75) is 19.0 Å². The first-order chi connectivity index (χ1) is 9.36. The van der Waals surface area contributed by atoms with Crippen LogP contribution < -0.4 is 10.6 Å². The van der Waals surface area contributed by atoms with E-state index in [0.29, 0.717) is 25.9 Å². The van der Waals surface area contributed by atoms with E-state index in [1.165, 1.54) is 6.08 Å². The molecule has 2 N–H and O–H groups in total. The minimum absolute atomic E-state index is 0.260. The zero-order chi connectivity index (χ0) is 14.8. The average Bonchev–Trinajstić information content (AvgIpc) is 2.38. The highest BCUT2D eigenvalue weighted by Crippen LogP contribution is 2.28. The lowest BCUT2D eigenvalue weighted by Crippen LogP contribution is -2.32. The number of piperidine rings is 1. The van der Waals surface area contributed by atoms with Crippen LogP contribution in [-0.2, 0) is 11.0 Å². The van der Waals surface area contributed by atoms with E-state index in [9.17, 15) is 18.0 Å². The van der Waals surface area contributed by atoms with Crippen molar-refractivity contribution in [3.8, 4) is 0 Å². The van der Waals surface area contributed by atoms with Crippen molar-refractivity contribution >= 4 is 11.9 Å². The third kappa shape index (κ3) is 3.46. The minimum atomic E-state index is -4.43. The molecule has 1 aliphatic heterocycles. The van der Waals surface area contributed by atoms with E-state index in [1.807, 2.05) is 0 Å². The van der Waals surface area contributed by atoms with Gasteiger partial charge >= 0.3 is 6.18 Å². The third-order valence-electron chi connectivity index (χ3n) is 3.00. The molecule has 1 aromatic rings. The molecule has 0 radical (unpaired) electrons. The molecule has 1 aromatic heterocycles. The zero-order valence-electron chi connectivity index (χ0n) is 10.5. The van der Waals surface area contributed by atoms with Gasteiger partial charge in [0.15, 0.2) is 0 Å². The Morgan fingerprint density at radius 3 is 2.25 bits per heavy atom. The summed E-state index contributed by atoms with van der Waals surface area (Å²) in [7, 11) is 0. The van der Waals surface area contributed by atoms with Crippen molar-refractivity contribution in [1.82, 2.24) is 9.97 Å². The Balaban J connectivity index is 2.02. The number of amides is 1. The second-order valence-electron chi connectivity index (χ2n) is 4.46. The molecule has 2 heterocycles. The smallest absolute Gasteiger partial charge is 0.366 e. The van der Waals surface area contributed by atoms with E-state index in [2.05, 4.69) is 9.97 Å². The zero-order valence-corrected chi connectivity index (χ0v) is 10.5. The normalized spacial score (nSPS) is 16.1. The van der Waals surface area contributed by atoms with Gasteiger partial charge in [0.05, 0.1) is 5.56 Å². The molecule has 2 rings (SSSR count). The Kier molecular flexibility index (Phi) is 3.91. The molecule has 0 aromatic carbocycles. The number of rotatable bonds is 2. The summed E-state index contributed by atoms with van der Waals surface area (Å²) in [6.07, 6.45) is -0.252. The molecule has 1 aliphatic rings. The van der Waals surface area contributed by atoms with Crippen LogP contribution in [0.15, 0.2) is 24.0 Å². The molecule has 108 valence electrons. The summed E-state index contributed by atoms with van der Waals surface area (Å²) in [5.41, 5.74) is 5.13. The number of nitrogens with zero attached hydrogens (tertiary/aromatic N) is 3. The van der Waals surface area contributed by atoms with Gasteiger partial charge < -0.3 is 10.6 Å². The Morgan fingerprint density at radius 1 is 1.25 bits per heavy atom. The number of hydrogen-bond acceptors (Lipinski definition) is 4. The fourth-order valence-electron chi connectivity index (χ4n) is 1.97. The predicted octanol–water partition coefficient (Wildman–Crippen LogP) is 1.51. The Morgan fingerprint density at radius 2 is 1.80 bits per heavy atom. The second kappa shape index (κ2) is 5.48. The van der Waals surface area contributed by atoms with Crippen LogP contribution in [0.5, 0.6) is 0 Å². The number of halogens is 3. The van der Waals surface area contributed by atoms with Crippen LogP contribution in [0, 0.1) is 0 Å². The van der Waals surface area contributed by atoms with Gasteiger partial charge in [0.2, 0.25) is 11.9 Å². The first-order valence-electron chi connectivity index (χ1n) is 5.99. The molecule has 20 heavy (non-hydrogen) atoms. The van der Waals surface area contributed by atoms with Crippen LogP contribution in [0.25, 0.3) is 0 Å². The fourth-order valence-corrected chi connectivity index (χ4v) is 1.97. The summed E-state index contributed by atoms with van der Waals surface area (Å²) in [5, 5.41) is 0. The summed E-state index contributed by atoms with van der Waals surface area (Å²) in [6, 6.07) is 0. The number of alkyl halides is 3. The van der Waals surface area contributed by atoms with Crippen molar-refractivity contribution in [3.05, 3.63) is 29.6 Å². The Bertz CT molecular complexity index is 514. The van der Waals surface area contributed by atoms with E-state index in [4.69, 9.17) is 5.73 Å². The van der Waals surface area contributed by atoms with E-state index >= 15 is 0 Å². The van der Waals surface area contributed by atoms with Crippen LogP contribution >= 0.6 is 0 Å². The van der Waals surface area contributed by atoms with Gasteiger partial charge in [-0.15, -0.1) is 0 Å². The van der Waals surface area contributed by atoms with Crippen LogP contribution in [0.1, 0.15) is 18.4 Å². The van der Waals surface area contributed by atoms with Crippen LogP contribution in [-0.4, -0.2) is 29.0 Å². The number of aromatic nitrogens is 2. The SMILES string of the molecule is NC(=O)C=C1CCN(c2ncc(C(F)(F)F)cn2)CC1.